The first-order chi connectivity index (χ1) is 5.45. The molecule has 0 aliphatic carbocycles. The van der Waals surface area contributed by atoms with Crippen molar-refractivity contribution >= 4 is 11.6 Å². The maximum absolute atomic E-state index is 5.96. The van der Waals surface area contributed by atoms with Crippen LogP contribution in [0.1, 0.15) is 47.0 Å². The lowest BCUT2D eigenvalue weighted by molar-refractivity contribution is -0.00463. The van der Waals surface area contributed by atoms with Gasteiger partial charge in [-0.25, -0.2) is 0 Å². The van der Waals surface area contributed by atoms with Gasteiger partial charge in [-0.05, 0) is 40.0 Å². The molecule has 0 aromatic carbocycles. The van der Waals surface area contributed by atoms with Crippen LogP contribution >= 0.6 is 11.6 Å². The fourth-order valence-electron chi connectivity index (χ4n) is 0.887. The Balaban J connectivity index is 3.22. The van der Waals surface area contributed by atoms with Crippen LogP contribution in [0.2, 0.25) is 0 Å². The summed E-state index contributed by atoms with van der Waals surface area (Å²) in [5.74, 6) is 0. The summed E-state index contributed by atoms with van der Waals surface area (Å²) in [5, 5.41) is 0.327. The second-order valence-electron chi connectivity index (χ2n) is 4.11. The highest BCUT2D eigenvalue weighted by Gasteiger charge is 2.09. The second kappa shape index (κ2) is 5.82. The molecule has 0 heterocycles. The highest BCUT2D eigenvalue weighted by molar-refractivity contribution is 6.20. The molecule has 0 spiro atoms. The van der Waals surface area contributed by atoms with Crippen molar-refractivity contribution in [2.75, 3.05) is 6.61 Å². The number of halogens is 1. The Bertz CT molecular complexity index is 107. The van der Waals surface area contributed by atoms with E-state index in [1.807, 2.05) is 0 Å². The van der Waals surface area contributed by atoms with Crippen LogP contribution in [-0.2, 0) is 4.74 Å². The van der Waals surface area contributed by atoms with Crippen LogP contribution in [0.5, 0.6) is 0 Å². The molecule has 0 fully saturated rings. The lowest BCUT2D eigenvalue weighted by Crippen LogP contribution is -2.20. The smallest absolute Gasteiger partial charge is 0.0598 e. The van der Waals surface area contributed by atoms with Crippen molar-refractivity contribution in [3.05, 3.63) is 0 Å². The average molecular weight is 193 g/mol. The minimum absolute atomic E-state index is 0.00593. The molecule has 0 amide bonds. The Morgan fingerprint density at radius 3 is 2.33 bits per heavy atom. The third-order valence-corrected chi connectivity index (χ3v) is 2.17. The average Bonchev–Trinajstić information content (AvgIpc) is 1.96. The molecule has 0 saturated heterocycles. The van der Waals surface area contributed by atoms with Gasteiger partial charge in [0.2, 0.25) is 0 Å². The van der Waals surface area contributed by atoms with Crippen LogP contribution in [-0.4, -0.2) is 17.6 Å². The van der Waals surface area contributed by atoms with Gasteiger partial charge in [-0.1, -0.05) is 6.92 Å². The number of ether oxygens (including phenoxy) is 1. The maximum Gasteiger partial charge on any atom is 0.0598 e. The summed E-state index contributed by atoms with van der Waals surface area (Å²) in [6, 6.07) is 0. The number of hydrogen-bond acceptors (Lipinski definition) is 1. The number of alkyl halides is 1. The third kappa shape index (κ3) is 8.35. The summed E-state index contributed by atoms with van der Waals surface area (Å²) in [6.45, 7) is 9.16. The molecule has 0 aliphatic rings. The normalized spacial score (nSPS) is 14.8. The van der Waals surface area contributed by atoms with E-state index in [0.29, 0.717) is 5.38 Å². The standard InChI is InChI=1S/C10H21ClO/c1-5-9(11)7-6-8-12-10(2,3)4/h9H,5-8H2,1-4H3. The molecule has 0 aromatic heterocycles. The Labute approximate surface area is 81.4 Å². The van der Waals surface area contributed by atoms with Gasteiger partial charge in [-0.2, -0.15) is 0 Å². The Morgan fingerprint density at radius 2 is 1.92 bits per heavy atom. The number of hydrogen-bond donors (Lipinski definition) is 0. The highest BCUT2D eigenvalue weighted by Crippen LogP contribution is 2.12. The van der Waals surface area contributed by atoms with Gasteiger partial charge in [0.1, 0.15) is 0 Å². The van der Waals surface area contributed by atoms with Crippen LogP contribution in [0.4, 0.5) is 0 Å². The lowest BCUT2D eigenvalue weighted by Gasteiger charge is -2.19. The zero-order chi connectivity index (χ0) is 9.61. The van der Waals surface area contributed by atoms with E-state index < -0.39 is 0 Å². The monoisotopic (exact) mass is 192 g/mol. The zero-order valence-corrected chi connectivity index (χ0v) is 9.45. The first-order valence-corrected chi connectivity index (χ1v) is 5.17. The van der Waals surface area contributed by atoms with Crippen molar-refractivity contribution in [3.8, 4) is 0 Å². The van der Waals surface area contributed by atoms with Crippen LogP contribution in [0.3, 0.4) is 0 Å². The predicted molar refractivity (Wildman–Crippen MR) is 54.9 cm³/mol. The zero-order valence-electron chi connectivity index (χ0n) is 8.69. The Kier molecular flexibility index (Phi) is 5.94. The van der Waals surface area contributed by atoms with E-state index in [1.54, 1.807) is 0 Å². The predicted octanol–water partition coefficient (Wildman–Crippen LogP) is 3.60. The third-order valence-electron chi connectivity index (χ3n) is 1.64. The molecular weight excluding hydrogens is 172 g/mol. The van der Waals surface area contributed by atoms with E-state index in [1.165, 1.54) is 0 Å². The summed E-state index contributed by atoms with van der Waals surface area (Å²) in [4.78, 5) is 0. The summed E-state index contributed by atoms with van der Waals surface area (Å²) in [6.07, 6.45) is 3.19. The molecule has 1 unspecified atom stereocenters. The Morgan fingerprint density at radius 1 is 1.33 bits per heavy atom. The SMILES string of the molecule is CCC(Cl)CCCOC(C)(C)C. The molecule has 0 N–H and O–H groups in total. The summed E-state index contributed by atoms with van der Waals surface area (Å²) in [7, 11) is 0. The van der Waals surface area contributed by atoms with Crippen LogP contribution in [0.25, 0.3) is 0 Å². The molecule has 0 radical (unpaired) electrons. The van der Waals surface area contributed by atoms with Gasteiger partial charge in [0.15, 0.2) is 0 Å². The largest absolute Gasteiger partial charge is 0.376 e. The van der Waals surface area contributed by atoms with Crippen LogP contribution in [0, 0.1) is 0 Å². The van der Waals surface area contributed by atoms with Crippen molar-refractivity contribution in [2.24, 2.45) is 0 Å². The molecule has 0 rings (SSSR count). The van der Waals surface area contributed by atoms with Crippen LogP contribution < -0.4 is 0 Å². The van der Waals surface area contributed by atoms with Gasteiger partial charge in [-0.15, -0.1) is 11.6 Å². The number of rotatable bonds is 5. The molecule has 1 atom stereocenters. The summed E-state index contributed by atoms with van der Waals surface area (Å²) in [5.41, 5.74) is -0.00593. The highest BCUT2D eigenvalue weighted by atomic mass is 35.5. The van der Waals surface area contributed by atoms with Crippen molar-refractivity contribution < 1.29 is 4.74 Å². The van der Waals surface area contributed by atoms with E-state index in [9.17, 15) is 0 Å². The van der Waals surface area contributed by atoms with Crippen molar-refractivity contribution in [3.63, 3.8) is 0 Å². The van der Waals surface area contributed by atoms with Gasteiger partial charge in [0.05, 0.1) is 5.60 Å². The van der Waals surface area contributed by atoms with E-state index in [0.717, 1.165) is 25.9 Å². The molecule has 0 bridgehead atoms. The van der Waals surface area contributed by atoms with Gasteiger partial charge in [0, 0.05) is 12.0 Å². The van der Waals surface area contributed by atoms with Gasteiger partial charge >= 0.3 is 0 Å². The fraction of sp³-hybridized carbons (Fsp3) is 1.00. The molecular formula is C10H21ClO. The van der Waals surface area contributed by atoms with E-state index >= 15 is 0 Å². The van der Waals surface area contributed by atoms with Crippen LogP contribution in [0.15, 0.2) is 0 Å². The van der Waals surface area contributed by atoms with Gasteiger partial charge < -0.3 is 4.74 Å². The lowest BCUT2D eigenvalue weighted by atomic mass is 10.2. The summed E-state index contributed by atoms with van der Waals surface area (Å²) < 4.78 is 5.57. The Hall–Kier alpha value is 0.250. The molecule has 74 valence electrons. The topological polar surface area (TPSA) is 9.23 Å². The molecule has 0 saturated carbocycles. The first kappa shape index (κ1) is 12.2. The van der Waals surface area contributed by atoms with Crippen molar-refractivity contribution in [2.45, 2.75) is 57.9 Å². The molecule has 12 heavy (non-hydrogen) atoms. The maximum atomic E-state index is 5.96. The molecule has 1 nitrogen and oxygen atoms in total. The van der Waals surface area contributed by atoms with E-state index in [4.69, 9.17) is 16.3 Å². The molecule has 0 aromatic rings. The summed E-state index contributed by atoms with van der Waals surface area (Å²) >= 11 is 5.96. The molecule has 0 aliphatic heterocycles. The van der Waals surface area contributed by atoms with Crippen molar-refractivity contribution in [1.82, 2.24) is 0 Å². The van der Waals surface area contributed by atoms with Gasteiger partial charge in [0.25, 0.3) is 0 Å². The first-order valence-electron chi connectivity index (χ1n) is 4.73. The molecule has 2 heteroatoms. The quantitative estimate of drug-likeness (QED) is 0.478. The van der Waals surface area contributed by atoms with E-state index in [2.05, 4.69) is 27.7 Å². The van der Waals surface area contributed by atoms with Crippen molar-refractivity contribution in [1.29, 1.82) is 0 Å². The fourth-order valence-corrected chi connectivity index (χ4v) is 1.04. The second-order valence-corrected chi connectivity index (χ2v) is 4.73. The minimum atomic E-state index is -0.00593. The van der Waals surface area contributed by atoms with Gasteiger partial charge in [-0.3, -0.25) is 0 Å². The minimum Gasteiger partial charge on any atom is -0.376 e. The van der Waals surface area contributed by atoms with E-state index in [-0.39, 0.29) is 5.60 Å².